The Morgan fingerprint density at radius 2 is 1.16 bits per heavy atom. The third-order valence-corrected chi connectivity index (χ3v) is 5.63. The standard InChI is InChI=1S/C26H32N4O8/c27-18(13-16-7-3-1-4-8-16)23(34)28-19(11-12-22(32)33)24(35)30-21(15-31)25(36)29-20(26(37)38)14-17-9-5-2-6-10-17/h1-10,18-21,31H,11-15,27H2,(H,28,34)(H,29,36)(H,30,35)(H,32,33)(H,37,38). The van der Waals surface area contributed by atoms with Gasteiger partial charge in [-0.15, -0.1) is 0 Å². The van der Waals surface area contributed by atoms with Crippen LogP contribution in [0, 0.1) is 0 Å². The van der Waals surface area contributed by atoms with Gasteiger partial charge < -0.3 is 37.0 Å². The van der Waals surface area contributed by atoms with Gasteiger partial charge in [0.15, 0.2) is 0 Å². The lowest BCUT2D eigenvalue weighted by Crippen LogP contribution is -2.58. The van der Waals surface area contributed by atoms with Crippen molar-refractivity contribution in [2.24, 2.45) is 5.73 Å². The number of aliphatic hydroxyl groups is 1. The Kier molecular flexibility index (Phi) is 11.9. The molecule has 4 atom stereocenters. The third kappa shape index (κ3) is 9.99. The zero-order chi connectivity index (χ0) is 28.1. The second-order valence-corrected chi connectivity index (χ2v) is 8.62. The number of carbonyl (C=O) groups is 5. The molecule has 204 valence electrons. The van der Waals surface area contributed by atoms with E-state index in [2.05, 4.69) is 16.0 Å². The number of nitrogens with two attached hydrogens (primary N) is 1. The number of carboxylic acids is 2. The Bertz CT molecular complexity index is 1100. The first-order valence-corrected chi connectivity index (χ1v) is 11.9. The molecule has 0 heterocycles. The molecule has 38 heavy (non-hydrogen) atoms. The van der Waals surface area contributed by atoms with Gasteiger partial charge >= 0.3 is 11.9 Å². The number of aliphatic hydroxyl groups excluding tert-OH is 1. The molecule has 0 bridgehead atoms. The summed E-state index contributed by atoms with van der Waals surface area (Å²) in [6, 6.07) is 12.1. The van der Waals surface area contributed by atoms with Crippen molar-refractivity contribution in [3.05, 3.63) is 71.8 Å². The van der Waals surface area contributed by atoms with Crippen LogP contribution < -0.4 is 21.7 Å². The van der Waals surface area contributed by atoms with Gasteiger partial charge in [-0.25, -0.2) is 4.79 Å². The summed E-state index contributed by atoms with van der Waals surface area (Å²) in [4.78, 5) is 61.0. The molecule has 0 fully saturated rings. The van der Waals surface area contributed by atoms with Crippen LogP contribution >= 0.6 is 0 Å². The maximum Gasteiger partial charge on any atom is 0.326 e. The summed E-state index contributed by atoms with van der Waals surface area (Å²) in [6.07, 6.45) is -0.652. The number of hydrogen-bond donors (Lipinski definition) is 7. The SMILES string of the molecule is NC(Cc1ccccc1)C(=O)NC(CCC(=O)O)C(=O)NC(CO)C(=O)NC(Cc1ccccc1)C(=O)O. The van der Waals surface area contributed by atoms with E-state index < -0.39 is 66.9 Å². The van der Waals surface area contributed by atoms with Crippen molar-refractivity contribution < 1.29 is 39.3 Å². The number of amides is 3. The highest BCUT2D eigenvalue weighted by atomic mass is 16.4. The molecule has 2 aromatic carbocycles. The van der Waals surface area contributed by atoms with Crippen LogP contribution in [0.1, 0.15) is 24.0 Å². The molecule has 3 amide bonds. The Balaban J connectivity index is 2.05. The van der Waals surface area contributed by atoms with Gasteiger partial charge in [-0.3, -0.25) is 19.2 Å². The summed E-state index contributed by atoms with van der Waals surface area (Å²) in [5, 5.41) is 35.2. The number of rotatable bonds is 15. The zero-order valence-corrected chi connectivity index (χ0v) is 20.6. The van der Waals surface area contributed by atoms with Crippen LogP contribution in [0.3, 0.4) is 0 Å². The molecule has 0 aliphatic heterocycles. The van der Waals surface area contributed by atoms with Crippen LogP contribution in [0.4, 0.5) is 0 Å². The lowest BCUT2D eigenvalue weighted by atomic mass is 10.0. The predicted molar refractivity (Wildman–Crippen MR) is 136 cm³/mol. The van der Waals surface area contributed by atoms with E-state index in [0.29, 0.717) is 5.56 Å². The summed E-state index contributed by atoms with van der Waals surface area (Å²) in [6.45, 7) is -0.873. The molecular formula is C26H32N4O8. The number of nitrogens with one attached hydrogen (secondary N) is 3. The Morgan fingerprint density at radius 3 is 1.66 bits per heavy atom. The van der Waals surface area contributed by atoms with Crippen LogP contribution in [0.25, 0.3) is 0 Å². The first-order chi connectivity index (χ1) is 18.1. The minimum Gasteiger partial charge on any atom is -0.481 e. The minimum atomic E-state index is -1.55. The van der Waals surface area contributed by atoms with E-state index in [-0.39, 0.29) is 19.3 Å². The molecule has 8 N–H and O–H groups in total. The number of benzene rings is 2. The van der Waals surface area contributed by atoms with E-state index in [9.17, 15) is 34.2 Å². The van der Waals surface area contributed by atoms with Crippen LogP contribution in [-0.4, -0.2) is 75.8 Å². The van der Waals surface area contributed by atoms with E-state index in [0.717, 1.165) is 5.56 Å². The maximum atomic E-state index is 12.9. The van der Waals surface area contributed by atoms with Crippen LogP contribution in [0.2, 0.25) is 0 Å². The highest BCUT2D eigenvalue weighted by molar-refractivity contribution is 5.94. The van der Waals surface area contributed by atoms with Crippen molar-refractivity contribution >= 4 is 29.7 Å². The van der Waals surface area contributed by atoms with E-state index in [1.165, 1.54) is 0 Å². The normalized spacial score (nSPS) is 13.8. The smallest absolute Gasteiger partial charge is 0.326 e. The summed E-state index contributed by atoms with van der Waals surface area (Å²) in [7, 11) is 0. The number of aliphatic carboxylic acids is 2. The van der Waals surface area contributed by atoms with E-state index >= 15 is 0 Å². The topological polar surface area (TPSA) is 208 Å². The third-order valence-electron chi connectivity index (χ3n) is 5.63. The summed E-state index contributed by atoms with van der Waals surface area (Å²) >= 11 is 0. The average Bonchev–Trinajstić information content (AvgIpc) is 2.89. The van der Waals surface area contributed by atoms with Crippen LogP contribution in [-0.2, 0) is 36.8 Å². The zero-order valence-electron chi connectivity index (χ0n) is 20.6. The predicted octanol–water partition coefficient (Wildman–Crippen LogP) is -0.805. The van der Waals surface area contributed by atoms with E-state index in [1.807, 2.05) is 0 Å². The molecule has 0 saturated carbocycles. The van der Waals surface area contributed by atoms with Crippen LogP contribution in [0.5, 0.6) is 0 Å². The van der Waals surface area contributed by atoms with Gasteiger partial charge in [-0.05, 0) is 24.0 Å². The van der Waals surface area contributed by atoms with Crippen LogP contribution in [0.15, 0.2) is 60.7 Å². The van der Waals surface area contributed by atoms with Gasteiger partial charge in [0.05, 0.1) is 12.6 Å². The molecule has 0 aliphatic carbocycles. The van der Waals surface area contributed by atoms with Crippen molar-refractivity contribution in [1.82, 2.24) is 16.0 Å². The lowest BCUT2D eigenvalue weighted by molar-refractivity contribution is -0.142. The number of carboxylic acid groups (broad SMARTS) is 2. The molecular weight excluding hydrogens is 496 g/mol. The minimum absolute atomic E-state index is 0.0371. The van der Waals surface area contributed by atoms with Gasteiger partial charge in [0.1, 0.15) is 18.1 Å². The summed E-state index contributed by atoms with van der Waals surface area (Å²) in [5.74, 6) is -5.14. The Hall–Kier alpha value is -4.29. The number of carbonyl (C=O) groups excluding carboxylic acids is 3. The lowest BCUT2D eigenvalue weighted by Gasteiger charge is -2.24. The van der Waals surface area contributed by atoms with Crippen molar-refractivity contribution in [1.29, 1.82) is 0 Å². The van der Waals surface area contributed by atoms with Crippen molar-refractivity contribution in [2.75, 3.05) is 6.61 Å². The van der Waals surface area contributed by atoms with E-state index in [4.69, 9.17) is 10.8 Å². The highest BCUT2D eigenvalue weighted by Gasteiger charge is 2.30. The molecule has 12 heteroatoms. The Morgan fingerprint density at radius 1 is 0.684 bits per heavy atom. The molecule has 2 rings (SSSR count). The average molecular weight is 529 g/mol. The van der Waals surface area contributed by atoms with Crippen molar-refractivity contribution in [3.8, 4) is 0 Å². The first kappa shape index (κ1) is 29.9. The summed E-state index contributed by atoms with van der Waals surface area (Å²) in [5.41, 5.74) is 7.38. The molecule has 4 unspecified atom stereocenters. The quantitative estimate of drug-likeness (QED) is 0.154. The highest BCUT2D eigenvalue weighted by Crippen LogP contribution is 2.06. The van der Waals surface area contributed by atoms with Gasteiger partial charge in [0.2, 0.25) is 17.7 Å². The van der Waals surface area contributed by atoms with Gasteiger partial charge in [-0.2, -0.15) is 0 Å². The molecule has 0 aliphatic rings. The van der Waals surface area contributed by atoms with Gasteiger partial charge in [0, 0.05) is 12.8 Å². The van der Waals surface area contributed by atoms with Crippen molar-refractivity contribution in [3.63, 3.8) is 0 Å². The second kappa shape index (κ2) is 15.1. The van der Waals surface area contributed by atoms with Crippen molar-refractivity contribution in [2.45, 2.75) is 49.9 Å². The Labute approximate surface area is 219 Å². The molecule has 0 radical (unpaired) electrons. The fourth-order valence-corrected chi connectivity index (χ4v) is 3.56. The van der Waals surface area contributed by atoms with E-state index in [1.54, 1.807) is 60.7 Å². The van der Waals surface area contributed by atoms with Gasteiger partial charge in [0.25, 0.3) is 0 Å². The maximum absolute atomic E-state index is 12.9. The molecule has 0 saturated heterocycles. The monoisotopic (exact) mass is 528 g/mol. The fourth-order valence-electron chi connectivity index (χ4n) is 3.56. The second-order valence-electron chi connectivity index (χ2n) is 8.62. The largest absolute Gasteiger partial charge is 0.481 e. The molecule has 0 spiro atoms. The van der Waals surface area contributed by atoms with Gasteiger partial charge in [-0.1, -0.05) is 60.7 Å². The number of hydrogen-bond acceptors (Lipinski definition) is 7. The first-order valence-electron chi connectivity index (χ1n) is 11.9. The molecule has 2 aromatic rings. The molecule has 12 nitrogen and oxygen atoms in total. The fraction of sp³-hybridized carbons (Fsp3) is 0.346. The summed E-state index contributed by atoms with van der Waals surface area (Å²) < 4.78 is 0. The molecule has 0 aromatic heterocycles.